The minimum Gasteiger partial charge on any atom is -0.392 e. The van der Waals surface area contributed by atoms with Crippen molar-refractivity contribution in [3.8, 4) is 0 Å². The number of anilines is 1. The first-order valence-corrected chi connectivity index (χ1v) is 6.69. The van der Waals surface area contributed by atoms with Crippen molar-refractivity contribution in [3.63, 3.8) is 0 Å². The maximum Gasteiger partial charge on any atom is 0.0681 e. The number of nitrogens with zero attached hydrogens (tertiary/aromatic N) is 1. The van der Waals surface area contributed by atoms with E-state index >= 15 is 0 Å². The summed E-state index contributed by atoms with van der Waals surface area (Å²) in [7, 11) is 1.78. The average Bonchev–Trinajstić information content (AvgIpc) is 2.39. The van der Waals surface area contributed by atoms with Gasteiger partial charge in [-0.3, -0.25) is 0 Å². The highest BCUT2D eigenvalue weighted by molar-refractivity contribution is 5.54. The van der Waals surface area contributed by atoms with E-state index in [0.29, 0.717) is 5.92 Å². The fraction of sp³-hybridized carbons (Fsp3) is 0.600. The molecule has 1 saturated heterocycles. The molecule has 1 atom stereocenters. The van der Waals surface area contributed by atoms with Gasteiger partial charge in [0.05, 0.1) is 13.2 Å². The Morgan fingerprint density at radius 1 is 1.44 bits per heavy atom. The van der Waals surface area contributed by atoms with Crippen LogP contribution in [0.1, 0.15) is 24.0 Å². The van der Waals surface area contributed by atoms with Gasteiger partial charge in [0, 0.05) is 25.9 Å². The predicted octanol–water partition coefficient (Wildman–Crippen LogP) is 2.35. The van der Waals surface area contributed by atoms with Gasteiger partial charge in [-0.25, -0.2) is 0 Å². The summed E-state index contributed by atoms with van der Waals surface area (Å²) in [4.78, 5) is 2.45. The molecular formula is C15H23NO2. The summed E-state index contributed by atoms with van der Waals surface area (Å²) in [5, 5.41) is 9.15. The van der Waals surface area contributed by atoms with Crippen molar-refractivity contribution in [1.29, 1.82) is 0 Å². The van der Waals surface area contributed by atoms with E-state index in [-0.39, 0.29) is 6.61 Å². The number of aliphatic hydroxyl groups is 1. The van der Waals surface area contributed by atoms with Gasteiger partial charge >= 0.3 is 0 Å². The quantitative estimate of drug-likeness (QED) is 0.889. The van der Waals surface area contributed by atoms with E-state index < -0.39 is 0 Å². The molecule has 1 aromatic carbocycles. The van der Waals surface area contributed by atoms with Gasteiger partial charge in [0.1, 0.15) is 0 Å². The van der Waals surface area contributed by atoms with Crippen LogP contribution in [-0.4, -0.2) is 31.9 Å². The number of benzene rings is 1. The van der Waals surface area contributed by atoms with Crippen LogP contribution < -0.4 is 4.90 Å². The van der Waals surface area contributed by atoms with E-state index in [4.69, 9.17) is 9.84 Å². The number of aliphatic hydroxyl groups excluding tert-OH is 1. The van der Waals surface area contributed by atoms with Gasteiger partial charge in [-0.05, 0) is 42.9 Å². The lowest BCUT2D eigenvalue weighted by Gasteiger charge is -2.35. The number of methoxy groups -OCH3 is 1. The Morgan fingerprint density at radius 3 is 2.94 bits per heavy atom. The summed E-state index contributed by atoms with van der Waals surface area (Å²) in [6.45, 7) is 5.29. The van der Waals surface area contributed by atoms with Gasteiger partial charge in [0.25, 0.3) is 0 Å². The number of rotatable bonds is 4. The minimum absolute atomic E-state index is 0.118. The standard InChI is InChI=1S/C15H23NO2/c1-12-8-13(10-17)5-6-15(12)16-7-3-4-14(9-16)11-18-2/h5-6,8,14,17H,3-4,7,9-11H2,1-2H3. The topological polar surface area (TPSA) is 32.7 Å². The van der Waals surface area contributed by atoms with E-state index in [1.807, 2.05) is 6.07 Å². The molecule has 1 N–H and O–H groups in total. The maximum absolute atomic E-state index is 9.15. The second-order valence-corrected chi connectivity index (χ2v) is 5.19. The number of hydrogen-bond donors (Lipinski definition) is 1. The van der Waals surface area contributed by atoms with Crippen LogP contribution >= 0.6 is 0 Å². The Bertz CT molecular complexity index is 390. The number of aryl methyl sites for hydroxylation is 1. The van der Waals surface area contributed by atoms with Crippen LogP contribution in [0.2, 0.25) is 0 Å². The first-order valence-electron chi connectivity index (χ1n) is 6.69. The molecule has 0 saturated carbocycles. The third kappa shape index (κ3) is 3.03. The van der Waals surface area contributed by atoms with Crippen LogP contribution in [0.3, 0.4) is 0 Å². The highest BCUT2D eigenvalue weighted by Crippen LogP contribution is 2.27. The van der Waals surface area contributed by atoms with Crippen molar-refractivity contribution in [2.45, 2.75) is 26.4 Å². The van der Waals surface area contributed by atoms with E-state index in [2.05, 4.69) is 24.0 Å². The molecule has 1 aliphatic rings. The third-order valence-corrected chi connectivity index (χ3v) is 3.71. The molecule has 100 valence electrons. The molecule has 1 heterocycles. The molecule has 0 aliphatic carbocycles. The van der Waals surface area contributed by atoms with Crippen molar-refractivity contribution in [1.82, 2.24) is 0 Å². The van der Waals surface area contributed by atoms with Crippen LogP contribution in [0.25, 0.3) is 0 Å². The molecule has 0 aromatic heterocycles. The van der Waals surface area contributed by atoms with Crippen molar-refractivity contribution in [3.05, 3.63) is 29.3 Å². The molecule has 0 bridgehead atoms. The average molecular weight is 249 g/mol. The second kappa shape index (κ2) is 6.21. The van der Waals surface area contributed by atoms with Gasteiger partial charge in [-0.15, -0.1) is 0 Å². The lowest BCUT2D eigenvalue weighted by atomic mass is 9.97. The van der Waals surface area contributed by atoms with Crippen LogP contribution in [0, 0.1) is 12.8 Å². The van der Waals surface area contributed by atoms with E-state index in [0.717, 1.165) is 25.3 Å². The molecule has 1 fully saturated rings. The molecule has 3 heteroatoms. The summed E-state index contributed by atoms with van der Waals surface area (Å²) >= 11 is 0. The Labute approximate surface area is 109 Å². The molecule has 0 spiro atoms. The molecular weight excluding hydrogens is 226 g/mol. The SMILES string of the molecule is COCC1CCCN(c2ccc(CO)cc2C)C1. The molecule has 2 rings (SSSR count). The maximum atomic E-state index is 9.15. The summed E-state index contributed by atoms with van der Waals surface area (Å²) in [5.74, 6) is 0.640. The van der Waals surface area contributed by atoms with Gasteiger partial charge in [0.2, 0.25) is 0 Å². The fourth-order valence-electron chi connectivity index (χ4n) is 2.83. The molecule has 1 aliphatic heterocycles. The molecule has 1 aromatic rings. The van der Waals surface area contributed by atoms with E-state index in [1.54, 1.807) is 7.11 Å². The summed E-state index contributed by atoms with van der Waals surface area (Å²) in [6, 6.07) is 6.23. The lowest BCUT2D eigenvalue weighted by Crippen LogP contribution is -2.37. The smallest absolute Gasteiger partial charge is 0.0681 e. The first kappa shape index (κ1) is 13.4. The van der Waals surface area contributed by atoms with Crippen molar-refractivity contribution >= 4 is 5.69 Å². The van der Waals surface area contributed by atoms with Crippen LogP contribution in [0.5, 0.6) is 0 Å². The lowest BCUT2D eigenvalue weighted by molar-refractivity contribution is 0.143. The Kier molecular flexibility index (Phi) is 4.61. The molecule has 3 nitrogen and oxygen atoms in total. The van der Waals surface area contributed by atoms with Crippen molar-refractivity contribution < 1.29 is 9.84 Å². The van der Waals surface area contributed by atoms with Gasteiger partial charge in [0.15, 0.2) is 0 Å². The van der Waals surface area contributed by atoms with Crippen molar-refractivity contribution in [2.75, 3.05) is 31.7 Å². The molecule has 0 amide bonds. The van der Waals surface area contributed by atoms with E-state index in [1.165, 1.54) is 24.1 Å². The Balaban J connectivity index is 2.10. The summed E-state index contributed by atoms with van der Waals surface area (Å²) in [6.07, 6.45) is 2.49. The zero-order valence-electron chi connectivity index (χ0n) is 11.4. The third-order valence-electron chi connectivity index (χ3n) is 3.71. The zero-order chi connectivity index (χ0) is 13.0. The zero-order valence-corrected chi connectivity index (χ0v) is 11.4. The van der Waals surface area contributed by atoms with Crippen LogP contribution in [0.4, 0.5) is 5.69 Å². The monoisotopic (exact) mass is 249 g/mol. The number of ether oxygens (including phenoxy) is 1. The minimum atomic E-state index is 0.118. The summed E-state index contributed by atoms with van der Waals surface area (Å²) < 4.78 is 5.27. The highest BCUT2D eigenvalue weighted by Gasteiger charge is 2.20. The first-order chi connectivity index (χ1) is 8.74. The normalized spacial score (nSPS) is 20.2. The number of hydrogen-bond acceptors (Lipinski definition) is 3. The molecule has 1 unspecified atom stereocenters. The molecule has 0 radical (unpaired) electrons. The number of piperidine rings is 1. The van der Waals surface area contributed by atoms with Crippen LogP contribution in [-0.2, 0) is 11.3 Å². The summed E-state index contributed by atoms with van der Waals surface area (Å²) in [5.41, 5.74) is 3.54. The Hall–Kier alpha value is -1.06. The Morgan fingerprint density at radius 2 is 2.28 bits per heavy atom. The van der Waals surface area contributed by atoms with Crippen LogP contribution in [0.15, 0.2) is 18.2 Å². The highest BCUT2D eigenvalue weighted by atomic mass is 16.5. The van der Waals surface area contributed by atoms with E-state index in [9.17, 15) is 0 Å². The van der Waals surface area contributed by atoms with Gasteiger partial charge < -0.3 is 14.7 Å². The van der Waals surface area contributed by atoms with Gasteiger partial charge in [-0.2, -0.15) is 0 Å². The van der Waals surface area contributed by atoms with Crippen molar-refractivity contribution in [2.24, 2.45) is 5.92 Å². The largest absolute Gasteiger partial charge is 0.392 e. The second-order valence-electron chi connectivity index (χ2n) is 5.19. The predicted molar refractivity (Wildman–Crippen MR) is 73.9 cm³/mol. The van der Waals surface area contributed by atoms with Gasteiger partial charge in [-0.1, -0.05) is 12.1 Å². The fourth-order valence-corrected chi connectivity index (χ4v) is 2.83. The molecule has 18 heavy (non-hydrogen) atoms.